The van der Waals surface area contributed by atoms with E-state index in [0.29, 0.717) is 47.0 Å². The number of alkyl halides is 1. The van der Waals surface area contributed by atoms with Gasteiger partial charge in [-0.15, -0.1) is 10.2 Å². The molecule has 1 saturated heterocycles. The summed E-state index contributed by atoms with van der Waals surface area (Å²) in [5.41, 5.74) is 1.55. The number of ether oxygens (including phenoxy) is 2. The van der Waals surface area contributed by atoms with Crippen LogP contribution < -0.4 is 4.74 Å². The minimum Gasteiger partial charge on any atom is -0.485 e. The van der Waals surface area contributed by atoms with E-state index >= 15 is 4.39 Å². The second-order valence-electron chi connectivity index (χ2n) is 10.0. The first-order chi connectivity index (χ1) is 17.7. The van der Waals surface area contributed by atoms with Crippen LogP contribution in [0.25, 0.3) is 28.1 Å². The summed E-state index contributed by atoms with van der Waals surface area (Å²) < 4.78 is 28.5. The van der Waals surface area contributed by atoms with Crippen molar-refractivity contribution in [2.45, 2.75) is 51.5 Å². The molecular formula is C27H27FN6O3. The number of likely N-dealkylation sites (tertiary alicyclic amines) is 1. The van der Waals surface area contributed by atoms with Gasteiger partial charge in [0.25, 0.3) is 0 Å². The van der Waals surface area contributed by atoms with Gasteiger partial charge in [0.2, 0.25) is 0 Å². The summed E-state index contributed by atoms with van der Waals surface area (Å²) in [6.07, 6.45) is -0.305. The first kappa shape index (κ1) is 24.4. The summed E-state index contributed by atoms with van der Waals surface area (Å²) in [7, 11) is 0. The molecule has 0 radical (unpaired) electrons. The molecule has 3 aromatic heterocycles. The molecule has 0 spiro atoms. The van der Waals surface area contributed by atoms with Gasteiger partial charge in [0.1, 0.15) is 40.9 Å². The normalized spacial score (nSPS) is 18.4. The van der Waals surface area contributed by atoms with Gasteiger partial charge >= 0.3 is 6.09 Å². The van der Waals surface area contributed by atoms with Crippen LogP contribution in [0.5, 0.6) is 5.75 Å². The Kier molecular flexibility index (Phi) is 6.38. The Labute approximate surface area is 213 Å². The van der Waals surface area contributed by atoms with Crippen LogP contribution >= 0.6 is 0 Å². The van der Waals surface area contributed by atoms with Gasteiger partial charge in [0, 0.05) is 31.1 Å². The molecule has 0 aliphatic carbocycles. The molecule has 10 heteroatoms. The lowest BCUT2D eigenvalue weighted by Crippen LogP contribution is -2.37. The zero-order chi connectivity index (χ0) is 26.2. The van der Waals surface area contributed by atoms with Gasteiger partial charge in [-0.1, -0.05) is 18.2 Å². The number of fused-ring (bicyclic) bond motifs is 2. The molecule has 1 aromatic carbocycles. The van der Waals surface area contributed by atoms with Crippen molar-refractivity contribution in [3.8, 4) is 23.3 Å². The molecule has 0 bridgehead atoms. The van der Waals surface area contributed by atoms with Crippen LogP contribution in [-0.4, -0.2) is 61.5 Å². The van der Waals surface area contributed by atoms with E-state index in [-0.39, 0.29) is 13.0 Å². The highest BCUT2D eigenvalue weighted by atomic mass is 19.1. The van der Waals surface area contributed by atoms with E-state index in [0.717, 1.165) is 5.39 Å². The minimum atomic E-state index is -1.25. The number of carbonyl (C=O) groups excluding carboxylic acids is 1. The van der Waals surface area contributed by atoms with Crippen LogP contribution in [-0.2, 0) is 4.74 Å². The molecule has 9 nitrogen and oxygen atoms in total. The van der Waals surface area contributed by atoms with Gasteiger partial charge in [-0.2, -0.15) is 5.26 Å². The van der Waals surface area contributed by atoms with E-state index < -0.39 is 24.0 Å². The molecule has 1 aliphatic heterocycles. The van der Waals surface area contributed by atoms with E-state index in [1.807, 2.05) is 24.3 Å². The molecule has 190 valence electrons. The Hall–Kier alpha value is -4.26. The molecule has 1 fully saturated rings. The fraction of sp³-hybridized carbons (Fsp3) is 0.370. The number of aromatic nitrogens is 4. The van der Waals surface area contributed by atoms with Crippen molar-refractivity contribution in [2.75, 3.05) is 13.1 Å². The number of hydrogen-bond acceptors (Lipinski definition) is 7. The third-order valence-corrected chi connectivity index (χ3v) is 6.14. The number of halogens is 1. The number of nitriles is 1. The number of para-hydroxylation sites is 1. The van der Waals surface area contributed by atoms with Crippen LogP contribution in [0.15, 0.2) is 48.7 Å². The Morgan fingerprint density at radius 1 is 1.11 bits per heavy atom. The molecule has 0 saturated carbocycles. The number of rotatable bonds is 3. The number of benzene rings is 1. The van der Waals surface area contributed by atoms with Crippen LogP contribution in [0, 0.1) is 11.3 Å². The minimum absolute atomic E-state index is 0.153. The molecule has 5 rings (SSSR count). The molecule has 4 heterocycles. The van der Waals surface area contributed by atoms with E-state index in [4.69, 9.17) is 14.5 Å². The highest BCUT2D eigenvalue weighted by Crippen LogP contribution is 2.30. The first-order valence-electron chi connectivity index (χ1n) is 12.2. The average Bonchev–Trinajstić information content (AvgIpc) is 3.20. The van der Waals surface area contributed by atoms with Gasteiger partial charge in [0.05, 0.1) is 5.56 Å². The van der Waals surface area contributed by atoms with Gasteiger partial charge < -0.3 is 14.4 Å². The number of hydrogen-bond donors (Lipinski definition) is 0. The Morgan fingerprint density at radius 3 is 2.70 bits per heavy atom. The molecular weight excluding hydrogens is 475 g/mol. The fourth-order valence-electron chi connectivity index (χ4n) is 4.32. The maximum Gasteiger partial charge on any atom is 0.410 e. The first-order valence-corrected chi connectivity index (χ1v) is 12.2. The van der Waals surface area contributed by atoms with Crippen molar-refractivity contribution in [3.63, 3.8) is 0 Å². The lowest BCUT2D eigenvalue weighted by Gasteiger charge is -2.26. The monoisotopic (exact) mass is 502 g/mol. The third kappa shape index (κ3) is 5.16. The lowest BCUT2D eigenvalue weighted by atomic mass is 10.1. The Bertz CT molecular complexity index is 1510. The molecule has 2 atom stereocenters. The molecule has 1 amide bonds. The number of amides is 1. The van der Waals surface area contributed by atoms with E-state index in [1.54, 1.807) is 49.6 Å². The fourth-order valence-corrected chi connectivity index (χ4v) is 4.32. The topological polar surface area (TPSA) is 106 Å². The van der Waals surface area contributed by atoms with E-state index in [1.165, 1.54) is 4.90 Å². The van der Waals surface area contributed by atoms with Crippen LogP contribution in [0.2, 0.25) is 0 Å². The van der Waals surface area contributed by atoms with Crippen LogP contribution in [0.4, 0.5) is 9.18 Å². The highest BCUT2D eigenvalue weighted by molar-refractivity contribution is 5.86. The maximum atomic E-state index is 15.1. The summed E-state index contributed by atoms with van der Waals surface area (Å²) in [4.78, 5) is 18.8. The van der Waals surface area contributed by atoms with Crippen LogP contribution in [0.1, 0.15) is 39.2 Å². The SMILES string of the molecule is CC(C)(C)OC(=O)N1CC[C@H](Oc2cccc3ccc(-c4nnc5ccc(C#N)cn45)nc23)[C@@H](F)CC1. The summed E-state index contributed by atoms with van der Waals surface area (Å²) >= 11 is 0. The molecule has 0 unspecified atom stereocenters. The van der Waals surface area contributed by atoms with Crippen molar-refractivity contribution < 1.29 is 18.7 Å². The zero-order valence-electron chi connectivity index (χ0n) is 20.9. The summed E-state index contributed by atoms with van der Waals surface area (Å²) in [5, 5.41) is 18.5. The average molecular weight is 503 g/mol. The van der Waals surface area contributed by atoms with Crippen molar-refractivity contribution in [1.82, 2.24) is 24.5 Å². The number of nitrogens with zero attached hydrogens (tertiary/aromatic N) is 6. The van der Waals surface area contributed by atoms with Gasteiger partial charge in [0.15, 0.2) is 11.5 Å². The number of carbonyl (C=O) groups is 1. The summed E-state index contributed by atoms with van der Waals surface area (Å²) in [6.45, 7) is 6.01. The predicted molar refractivity (Wildman–Crippen MR) is 135 cm³/mol. The van der Waals surface area contributed by atoms with Gasteiger partial charge in [-0.3, -0.25) is 4.40 Å². The molecule has 0 N–H and O–H groups in total. The Morgan fingerprint density at radius 2 is 1.92 bits per heavy atom. The highest BCUT2D eigenvalue weighted by Gasteiger charge is 2.32. The largest absolute Gasteiger partial charge is 0.485 e. The zero-order valence-corrected chi connectivity index (χ0v) is 20.9. The number of pyridine rings is 2. The summed E-state index contributed by atoms with van der Waals surface area (Å²) in [5.74, 6) is 0.930. The quantitative estimate of drug-likeness (QED) is 0.391. The molecule has 1 aliphatic rings. The Balaban J connectivity index is 1.42. The van der Waals surface area contributed by atoms with Gasteiger partial charge in [-0.05, 0) is 51.5 Å². The van der Waals surface area contributed by atoms with E-state index in [9.17, 15) is 10.1 Å². The lowest BCUT2D eigenvalue weighted by molar-refractivity contribution is 0.0252. The van der Waals surface area contributed by atoms with Crippen molar-refractivity contribution in [3.05, 3.63) is 54.2 Å². The third-order valence-electron chi connectivity index (χ3n) is 6.14. The van der Waals surface area contributed by atoms with Crippen LogP contribution in [0.3, 0.4) is 0 Å². The predicted octanol–water partition coefficient (Wildman–Crippen LogP) is 4.93. The van der Waals surface area contributed by atoms with Gasteiger partial charge in [-0.25, -0.2) is 14.2 Å². The van der Waals surface area contributed by atoms with E-state index in [2.05, 4.69) is 16.3 Å². The maximum absolute atomic E-state index is 15.1. The van der Waals surface area contributed by atoms with Crippen molar-refractivity contribution in [2.24, 2.45) is 0 Å². The smallest absolute Gasteiger partial charge is 0.410 e. The molecule has 4 aromatic rings. The second-order valence-corrected chi connectivity index (χ2v) is 10.0. The summed E-state index contributed by atoms with van der Waals surface area (Å²) in [6, 6.07) is 14.7. The second kappa shape index (κ2) is 9.65. The van der Waals surface area contributed by atoms with Crippen molar-refractivity contribution in [1.29, 1.82) is 5.26 Å². The van der Waals surface area contributed by atoms with Crippen molar-refractivity contribution >= 4 is 22.6 Å². The standard InChI is InChI=1S/C27H27FN6O3/c1-27(2,3)37-26(35)33-13-11-19(28)21(12-14-33)36-22-6-4-5-18-8-9-20(30-24(18)22)25-32-31-23-10-7-17(15-29)16-34(23)25/h4-10,16,19,21H,11-14H2,1-3H3/t19-,21-/m0/s1. The molecule has 37 heavy (non-hydrogen) atoms.